The lowest BCUT2D eigenvalue weighted by molar-refractivity contribution is -0.115. The van der Waals surface area contributed by atoms with Crippen LogP contribution in [0.1, 0.15) is 11.1 Å². The van der Waals surface area contributed by atoms with Crippen molar-refractivity contribution in [1.82, 2.24) is 0 Å². The maximum Gasteiger partial charge on any atom is 0.316 e. The Labute approximate surface area is 155 Å². The Morgan fingerprint density at radius 1 is 0.926 bits per heavy atom. The smallest absolute Gasteiger partial charge is 0.316 e. The van der Waals surface area contributed by atoms with Gasteiger partial charge in [0.25, 0.3) is 0 Å². The zero-order chi connectivity index (χ0) is 18.6. The summed E-state index contributed by atoms with van der Waals surface area (Å²) in [5.41, 5.74) is 1.27. The van der Waals surface area contributed by atoms with Gasteiger partial charge in [0.15, 0.2) is 17.3 Å². The number of carbonyl (C=O) groups is 1. The van der Waals surface area contributed by atoms with Gasteiger partial charge in [-0.05, 0) is 48.0 Å². The van der Waals surface area contributed by atoms with Crippen molar-refractivity contribution >= 4 is 17.9 Å². The molecular weight excluding hydrogens is 345 g/mol. The summed E-state index contributed by atoms with van der Waals surface area (Å²) in [5, 5.41) is 0. The summed E-state index contributed by atoms with van der Waals surface area (Å²) in [7, 11) is 0. The number of halogens is 1. The Hall–Kier alpha value is -3.73. The van der Waals surface area contributed by atoms with Crippen LogP contribution in [-0.2, 0) is 9.53 Å². The van der Waals surface area contributed by atoms with Crippen LogP contribution < -0.4 is 4.74 Å². The molecule has 27 heavy (non-hydrogen) atoms. The summed E-state index contributed by atoms with van der Waals surface area (Å²) >= 11 is 0. The molecule has 0 radical (unpaired) electrons. The van der Waals surface area contributed by atoms with Crippen molar-refractivity contribution in [3.05, 3.63) is 102 Å². The zero-order valence-electron chi connectivity index (χ0n) is 14.1. The number of carbonyl (C=O) groups excluding carboxylic acids is 1. The topological polar surface area (TPSA) is 47.9 Å². The van der Waals surface area contributed by atoms with Crippen LogP contribution in [0.4, 0.5) is 4.39 Å². The van der Waals surface area contributed by atoms with Gasteiger partial charge in [-0.2, -0.15) is 4.99 Å². The van der Waals surface area contributed by atoms with Gasteiger partial charge in [0.2, 0.25) is 5.90 Å². The number of amides is 1. The summed E-state index contributed by atoms with van der Waals surface area (Å²) in [5.74, 6) is -0.0836. The summed E-state index contributed by atoms with van der Waals surface area (Å²) in [6, 6.07) is 22.4. The molecule has 0 saturated heterocycles. The second kappa shape index (κ2) is 7.25. The minimum absolute atomic E-state index is 0.0604. The number of hydrogen-bond donors (Lipinski definition) is 0. The fourth-order valence-electron chi connectivity index (χ4n) is 2.57. The van der Waals surface area contributed by atoms with Gasteiger partial charge in [-0.25, -0.2) is 4.39 Å². The van der Waals surface area contributed by atoms with Gasteiger partial charge in [-0.15, -0.1) is 0 Å². The van der Waals surface area contributed by atoms with E-state index in [2.05, 4.69) is 4.99 Å². The van der Waals surface area contributed by atoms with Gasteiger partial charge in [0, 0.05) is 5.56 Å². The van der Waals surface area contributed by atoms with Crippen molar-refractivity contribution in [3.8, 4) is 11.5 Å². The fraction of sp³-hybridized carbons (Fsp3) is 0. The van der Waals surface area contributed by atoms with Crippen LogP contribution in [0.3, 0.4) is 0 Å². The highest BCUT2D eigenvalue weighted by molar-refractivity contribution is 6.14. The fourth-order valence-corrected chi connectivity index (χ4v) is 2.57. The molecule has 4 nitrogen and oxygen atoms in total. The van der Waals surface area contributed by atoms with Gasteiger partial charge in [0.05, 0.1) is 0 Å². The standard InChI is InChI=1S/C22H14FNO3/c23-18-12-11-15(13-19(18)26-17-9-5-2-6-10-17)14-20-21(25)24-22(27-20)16-7-3-1-4-8-16/h1-14H. The molecule has 4 rings (SSSR count). The third kappa shape index (κ3) is 3.77. The van der Waals surface area contributed by atoms with Crippen LogP contribution in [0.5, 0.6) is 11.5 Å². The molecule has 1 heterocycles. The van der Waals surface area contributed by atoms with E-state index in [4.69, 9.17) is 9.47 Å². The number of nitrogens with zero attached hydrogens (tertiary/aromatic N) is 1. The molecule has 0 unspecified atom stereocenters. The highest BCUT2D eigenvalue weighted by Crippen LogP contribution is 2.27. The molecule has 0 fully saturated rings. The van der Waals surface area contributed by atoms with E-state index in [1.165, 1.54) is 24.3 Å². The largest absolute Gasteiger partial charge is 0.454 e. The summed E-state index contributed by atoms with van der Waals surface area (Å²) in [6.45, 7) is 0. The quantitative estimate of drug-likeness (QED) is 0.619. The highest BCUT2D eigenvalue weighted by Gasteiger charge is 2.24. The number of ether oxygens (including phenoxy) is 2. The first-order chi connectivity index (χ1) is 13.2. The Balaban J connectivity index is 1.58. The average molecular weight is 359 g/mol. The predicted molar refractivity (Wildman–Crippen MR) is 100.0 cm³/mol. The third-order valence-corrected chi connectivity index (χ3v) is 3.87. The molecular formula is C22H14FNO3. The molecule has 3 aromatic carbocycles. The number of aliphatic imine (C=N–C) groups is 1. The van der Waals surface area contributed by atoms with E-state index >= 15 is 0 Å². The third-order valence-electron chi connectivity index (χ3n) is 3.87. The minimum Gasteiger partial charge on any atom is -0.454 e. The molecule has 132 valence electrons. The molecule has 5 heteroatoms. The van der Waals surface area contributed by atoms with Crippen molar-refractivity contribution < 1.29 is 18.7 Å². The van der Waals surface area contributed by atoms with E-state index < -0.39 is 11.7 Å². The molecule has 1 aliphatic rings. The molecule has 0 spiro atoms. The Bertz CT molecular complexity index is 1040. The lowest BCUT2D eigenvalue weighted by Crippen LogP contribution is -2.00. The molecule has 0 N–H and O–H groups in total. The molecule has 0 aromatic heterocycles. The number of rotatable bonds is 4. The van der Waals surface area contributed by atoms with E-state index in [0.29, 0.717) is 16.9 Å². The SMILES string of the molecule is O=C1N=C(c2ccccc2)OC1=Cc1ccc(F)c(Oc2ccccc2)c1. The van der Waals surface area contributed by atoms with Crippen LogP contribution >= 0.6 is 0 Å². The van der Waals surface area contributed by atoms with Gasteiger partial charge >= 0.3 is 5.91 Å². The lowest BCUT2D eigenvalue weighted by Gasteiger charge is -2.08. The molecule has 0 atom stereocenters. The summed E-state index contributed by atoms with van der Waals surface area (Å²) < 4.78 is 25.2. The van der Waals surface area contributed by atoms with Gasteiger partial charge in [-0.1, -0.05) is 42.5 Å². The van der Waals surface area contributed by atoms with E-state index in [1.807, 2.05) is 24.3 Å². The van der Waals surface area contributed by atoms with Crippen LogP contribution in [0.2, 0.25) is 0 Å². The van der Waals surface area contributed by atoms with Crippen molar-refractivity contribution in [2.75, 3.05) is 0 Å². The van der Waals surface area contributed by atoms with Crippen molar-refractivity contribution in [3.63, 3.8) is 0 Å². The molecule has 1 amide bonds. The molecule has 3 aromatic rings. The monoisotopic (exact) mass is 359 g/mol. The zero-order valence-corrected chi connectivity index (χ0v) is 14.1. The first-order valence-electron chi connectivity index (χ1n) is 8.29. The Kier molecular flexibility index (Phi) is 4.49. The summed E-state index contributed by atoms with van der Waals surface area (Å²) in [6.07, 6.45) is 1.51. The van der Waals surface area contributed by atoms with Crippen LogP contribution in [-0.4, -0.2) is 11.8 Å². The van der Waals surface area contributed by atoms with Gasteiger partial charge in [-0.3, -0.25) is 4.79 Å². The first-order valence-corrected chi connectivity index (χ1v) is 8.29. The molecule has 0 bridgehead atoms. The van der Waals surface area contributed by atoms with E-state index in [1.54, 1.807) is 36.4 Å². The lowest BCUT2D eigenvalue weighted by atomic mass is 10.2. The van der Waals surface area contributed by atoms with Crippen molar-refractivity contribution in [1.29, 1.82) is 0 Å². The van der Waals surface area contributed by atoms with Crippen molar-refractivity contribution in [2.24, 2.45) is 4.99 Å². The van der Waals surface area contributed by atoms with Crippen LogP contribution in [0.15, 0.2) is 89.6 Å². The molecule has 0 aliphatic carbocycles. The predicted octanol–water partition coefficient (Wildman–Crippen LogP) is 4.96. The Morgan fingerprint density at radius 3 is 2.37 bits per heavy atom. The van der Waals surface area contributed by atoms with Gasteiger partial charge in [0.1, 0.15) is 5.75 Å². The second-order valence-corrected chi connectivity index (χ2v) is 5.80. The highest BCUT2D eigenvalue weighted by atomic mass is 19.1. The molecule has 1 aliphatic heterocycles. The van der Waals surface area contributed by atoms with Crippen LogP contribution in [0, 0.1) is 5.82 Å². The second-order valence-electron chi connectivity index (χ2n) is 5.80. The minimum atomic E-state index is -0.499. The maximum absolute atomic E-state index is 14.1. The van der Waals surface area contributed by atoms with E-state index in [-0.39, 0.29) is 17.4 Å². The first kappa shape index (κ1) is 16.7. The Morgan fingerprint density at radius 2 is 1.63 bits per heavy atom. The van der Waals surface area contributed by atoms with Crippen LogP contribution in [0.25, 0.3) is 6.08 Å². The van der Waals surface area contributed by atoms with Crippen molar-refractivity contribution in [2.45, 2.75) is 0 Å². The maximum atomic E-state index is 14.1. The average Bonchev–Trinajstić information content (AvgIpc) is 3.06. The van der Waals surface area contributed by atoms with E-state index in [9.17, 15) is 9.18 Å². The molecule has 0 saturated carbocycles. The normalized spacial score (nSPS) is 14.8. The van der Waals surface area contributed by atoms with E-state index in [0.717, 1.165) is 0 Å². The number of hydrogen-bond acceptors (Lipinski definition) is 3. The number of para-hydroxylation sites is 1. The van der Waals surface area contributed by atoms with Gasteiger partial charge < -0.3 is 9.47 Å². The number of benzene rings is 3. The summed E-state index contributed by atoms with van der Waals surface area (Å²) in [4.78, 5) is 16.0.